The molecule has 1 unspecified atom stereocenters. The Balaban J connectivity index is 1.94. The van der Waals surface area contributed by atoms with Crippen LogP contribution in [0, 0.1) is 13.8 Å². The van der Waals surface area contributed by atoms with Crippen molar-refractivity contribution in [1.82, 2.24) is 5.32 Å². The fourth-order valence-corrected chi connectivity index (χ4v) is 2.78. The van der Waals surface area contributed by atoms with Crippen LogP contribution in [0.25, 0.3) is 0 Å². The fourth-order valence-electron chi connectivity index (χ4n) is 2.59. The third-order valence-electron chi connectivity index (χ3n) is 3.82. The van der Waals surface area contributed by atoms with Crippen molar-refractivity contribution in [2.75, 3.05) is 11.9 Å². The molecule has 0 aliphatic carbocycles. The van der Waals surface area contributed by atoms with Crippen molar-refractivity contribution < 1.29 is 4.79 Å². The van der Waals surface area contributed by atoms with Gasteiger partial charge < -0.3 is 10.6 Å². The molecule has 4 heteroatoms. The Hall–Kier alpha value is -1.84. The molecule has 1 amide bonds. The lowest BCUT2D eigenvalue weighted by atomic mass is 10.0. The molecule has 0 fully saturated rings. The summed E-state index contributed by atoms with van der Waals surface area (Å²) in [4.78, 5) is 12.2. The largest absolute Gasteiger partial charge is 0.325 e. The van der Waals surface area contributed by atoms with E-state index in [1.807, 2.05) is 50.2 Å². The van der Waals surface area contributed by atoms with Crippen LogP contribution in [0.5, 0.6) is 0 Å². The third kappa shape index (κ3) is 5.08. The van der Waals surface area contributed by atoms with Gasteiger partial charge in [-0.05, 0) is 49.6 Å². The molecular formula is C19H23ClN2O. The van der Waals surface area contributed by atoms with Crippen LogP contribution in [0.3, 0.4) is 0 Å². The van der Waals surface area contributed by atoms with Crippen molar-refractivity contribution in [2.45, 2.75) is 33.2 Å². The molecule has 2 N–H and O–H groups in total. The van der Waals surface area contributed by atoms with Gasteiger partial charge in [0, 0.05) is 16.8 Å². The van der Waals surface area contributed by atoms with Crippen LogP contribution in [0.15, 0.2) is 42.5 Å². The van der Waals surface area contributed by atoms with Crippen molar-refractivity contribution in [3.63, 3.8) is 0 Å². The van der Waals surface area contributed by atoms with Crippen LogP contribution in [-0.2, 0) is 4.79 Å². The van der Waals surface area contributed by atoms with Gasteiger partial charge in [-0.2, -0.15) is 0 Å². The quantitative estimate of drug-likeness (QED) is 0.810. The fraction of sp³-hybridized carbons (Fsp3) is 0.316. The third-order valence-corrected chi connectivity index (χ3v) is 4.06. The minimum absolute atomic E-state index is 0.0440. The van der Waals surface area contributed by atoms with Gasteiger partial charge in [0.15, 0.2) is 0 Å². The molecule has 0 spiro atoms. The summed E-state index contributed by atoms with van der Waals surface area (Å²) in [6.07, 6.45) is 0.886. The Bertz CT molecular complexity index is 685. The zero-order valence-electron chi connectivity index (χ0n) is 13.8. The van der Waals surface area contributed by atoms with E-state index in [1.165, 1.54) is 5.56 Å². The summed E-state index contributed by atoms with van der Waals surface area (Å²) in [5.41, 5.74) is 4.21. The molecule has 122 valence electrons. The van der Waals surface area contributed by atoms with Crippen LogP contribution >= 0.6 is 11.6 Å². The van der Waals surface area contributed by atoms with Crippen molar-refractivity contribution in [3.05, 3.63) is 64.2 Å². The van der Waals surface area contributed by atoms with Gasteiger partial charge in [0.1, 0.15) is 0 Å². The lowest BCUT2D eigenvalue weighted by Gasteiger charge is -2.18. The average Bonchev–Trinajstić information content (AvgIpc) is 2.51. The molecule has 0 heterocycles. The highest BCUT2D eigenvalue weighted by Crippen LogP contribution is 2.20. The van der Waals surface area contributed by atoms with Gasteiger partial charge in [0.25, 0.3) is 0 Å². The Morgan fingerprint density at radius 3 is 2.61 bits per heavy atom. The Labute approximate surface area is 143 Å². The first-order chi connectivity index (χ1) is 11.0. The number of aryl methyl sites for hydroxylation is 2. The lowest BCUT2D eigenvalue weighted by molar-refractivity contribution is -0.115. The van der Waals surface area contributed by atoms with Crippen LogP contribution in [-0.4, -0.2) is 12.5 Å². The molecular weight excluding hydrogens is 308 g/mol. The highest BCUT2D eigenvalue weighted by molar-refractivity contribution is 6.30. The number of rotatable bonds is 6. The molecule has 2 aromatic rings. The van der Waals surface area contributed by atoms with Crippen LogP contribution in [0.1, 0.15) is 36.1 Å². The number of carbonyl (C=O) groups is 1. The van der Waals surface area contributed by atoms with Gasteiger partial charge in [-0.25, -0.2) is 0 Å². The van der Waals surface area contributed by atoms with E-state index < -0.39 is 0 Å². The highest BCUT2D eigenvalue weighted by Gasteiger charge is 2.12. The Morgan fingerprint density at radius 1 is 1.17 bits per heavy atom. The number of nitrogens with one attached hydrogen (secondary N) is 2. The summed E-state index contributed by atoms with van der Waals surface area (Å²) < 4.78 is 0. The summed E-state index contributed by atoms with van der Waals surface area (Å²) >= 11 is 6.04. The molecule has 0 saturated heterocycles. The lowest BCUT2D eigenvalue weighted by Crippen LogP contribution is -2.31. The predicted octanol–water partition coefficient (Wildman–Crippen LogP) is 4.64. The van der Waals surface area contributed by atoms with E-state index >= 15 is 0 Å². The van der Waals surface area contributed by atoms with Gasteiger partial charge in [-0.1, -0.05) is 48.4 Å². The summed E-state index contributed by atoms with van der Waals surface area (Å²) in [6, 6.07) is 13.8. The van der Waals surface area contributed by atoms with E-state index in [0.717, 1.165) is 23.2 Å². The molecule has 0 aliphatic rings. The summed E-state index contributed by atoms with van der Waals surface area (Å²) in [5, 5.41) is 6.96. The smallest absolute Gasteiger partial charge is 0.238 e. The van der Waals surface area contributed by atoms with Crippen LogP contribution < -0.4 is 10.6 Å². The average molecular weight is 331 g/mol. The number of hydrogen-bond donors (Lipinski definition) is 2. The van der Waals surface area contributed by atoms with E-state index in [-0.39, 0.29) is 18.5 Å². The zero-order chi connectivity index (χ0) is 16.8. The number of hydrogen-bond acceptors (Lipinski definition) is 2. The number of benzene rings is 2. The molecule has 1 atom stereocenters. The highest BCUT2D eigenvalue weighted by atomic mass is 35.5. The minimum atomic E-state index is -0.0440. The maximum atomic E-state index is 12.2. The molecule has 2 rings (SSSR count). The maximum absolute atomic E-state index is 12.2. The van der Waals surface area contributed by atoms with Crippen molar-refractivity contribution in [3.8, 4) is 0 Å². The van der Waals surface area contributed by atoms with Gasteiger partial charge in [0.2, 0.25) is 5.91 Å². The van der Waals surface area contributed by atoms with Gasteiger partial charge in [0.05, 0.1) is 6.54 Å². The predicted molar refractivity (Wildman–Crippen MR) is 97.0 cm³/mol. The maximum Gasteiger partial charge on any atom is 0.238 e. The van der Waals surface area contributed by atoms with E-state index in [4.69, 9.17) is 11.6 Å². The molecule has 2 aromatic carbocycles. The number of amides is 1. The Kier molecular flexibility index (Phi) is 6.20. The molecule has 0 saturated carbocycles. The normalized spacial score (nSPS) is 12.0. The monoisotopic (exact) mass is 330 g/mol. The van der Waals surface area contributed by atoms with Gasteiger partial charge in [-0.3, -0.25) is 4.79 Å². The molecule has 0 aliphatic heterocycles. The second-order valence-corrected chi connectivity index (χ2v) is 6.20. The number of halogens is 1. The van der Waals surface area contributed by atoms with E-state index in [1.54, 1.807) is 0 Å². The first-order valence-corrected chi connectivity index (χ1v) is 8.23. The van der Waals surface area contributed by atoms with Crippen LogP contribution in [0.4, 0.5) is 5.69 Å². The van der Waals surface area contributed by atoms with Gasteiger partial charge in [-0.15, -0.1) is 0 Å². The molecule has 0 radical (unpaired) electrons. The Morgan fingerprint density at radius 2 is 1.96 bits per heavy atom. The molecule has 23 heavy (non-hydrogen) atoms. The van der Waals surface area contributed by atoms with E-state index in [2.05, 4.69) is 23.6 Å². The zero-order valence-corrected chi connectivity index (χ0v) is 14.6. The topological polar surface area (TPSA) is 41.1 Å². The van der Waals surface area contributed by atoms with E-state index in [9.17, 15) is 4.79 Å². The van der Waals surface area contributed by atoms with Crippen LogP contribution in [0.2, 0.25) is 5.02 Å². The van der Waals surface area contributed by atoms with Gasteiger partial charge >= 0.3 is 0 Å². The van der Waals surface area contributed by atoms with Crippen molar-refractivity contribution >= 4 is 23.2 Å². The first-order valence-electron chi connectivity index (χ1n) is 7.85. The number of carbonyl (C=O) groups excluding carboxylic acids is 1. The molecule has 0 bridgehead atoms. The standard InChI is InChI=1S/C19H23ClN2O/c1-4-17(15-6-5-7-16(20)11-15)21-12-19(23)22-18-9-8-13(2)10-14(18)3/h5-11,17,21H,4,12H2,1-3H3,(H,22,23). The number of anilines is 1. The van der Waals surface area contributed by atoms with Crippen molar-refractivity contribution in [2.24, 2.45) is 0 Å². The summed E-state index contributed by atoms with van der Waals surface area (Å²) in [6.45, 7) is 6.38. The minimum Gasteiger partial charge on any atom is -0.325 e. The van der Waals surface area contributed by atoms with E-state index in [0.29, 0.717) is 5.02 Å². The summed E-state index contributed by atoms with van der Waals surface area (Å²) in [7, 11) is 0. The summed E-state index contributed by atoms with van der Waals surface area (Å²) in [5.74, 6) is -0.0440. The van der Waals surface area contributed by atoms with Crippen molar-refractivity contribution in [1.29, 1.82) is 0 Å². The SMILES string of the molecule is CCC(NCC(=O)Nc1ccc(C)cc1C)c1cccc(Cl)c1. The molecule has 0 aromatic heterocycles. The second-order valence-electron chi connectivity index (χ2n) is 5.76. The first kappa shape index (κ1) is 17.5. The second kappa shape index (κ2) is 8.14. The molecule has 3 nitrogen and oxygen atoms in total.